The average Bonchev–Trinajstić information content (AvgIpc) is 2.49. The van der Waals surface area contributed by atoms with Crippen LogP contribution in [-0.2, 0) is 0 Å². The molecule has 0 unspecified atom stereocenters. The predicted molar refractivity (Wildman–Crippen MR) is 75.2 cm³/mol. The molecule has 19 heavy (non-hydrogen) atoms. The van der Waals surface area contributed by atoms with Gasteiger partial charge in [-0.15, -0.1) is 5.10 Å². The van der Waals surface area contributed by atoms with Gasteiger partial charge < -0.3 is 4.90 Å². The van der Waals surface area contributed by atoms with Crippen molar-refractivity contribution in [2.75, 3.05) is 18.0 Å². The Balaban J connectivity index is 1.65. The first-order chi connectivity index (χ1) is 9.33. The highest BCUT2D eigenvalue weighted by Crippen LogP contribution is 2.28. The fourth-order valence-corrected chi connectivity index (χ4v) is 2.58. The van der Waals surface area contributed by atoms with Gasteiger partial charge in [0, 0.05) is 30.9 Å². The Kier molecular flexibility index (Phi) is 3.40. The van der Waals surface area contributed by atoms with Gasteiger partial charge in [0.25, 0.3) is 0 Å². The maximum absolute atomic E-state index is 4.47. The molecule has 0 saturated carbocycles. The third-order valence-electron chi connectivity index (χ3n) is 3.71. The van der Waals surface area contributed by atoms with Crippen LogP contribution in [-0.4, -0.2) is 28.3 Å². The lowest BCUT2D eigenvalue weighted by Gasteiger charge is -2.32. The zero-order valence-corrected chi connectivity index (χ0v) is 11.2. The number of nitrogens with zero attached hydrogens (tertiary/aromatic N) is 4. The van der Waals surface area contributed by atoms with Crippen LogP contribution in [0.2, 0.25) is 0 Å². The summed E-state index contributed by atoms with van der Waals surface area (Å²) in [6.45, 7) is 4.02. The zero-order chi connectivity index (χ0) is 13.1. The molecule has 0 atom stereocenters. The third kappa shape index (κ3) is 2.72. The van der Waals surface area contributed by atoms with Crippen LogP contribution >= 0.6 is 0 Å². The van der Waals surface area contributed by atoms with E-state index in [1.807, 2.05) is 25.3 Å². The SMILES string of the molecule is Cc1ccc(N2CCC(c3ccccn3)CC2)nn1. The summed E-state index contributed by atoms with van der Waals surface area (Å²) in [4.78, 5) is 6.78. The smallest absolute Gasteiger partial charge is 0.151 e. The molecule has 3 rings (SSSR count). The fourth-order valence-electron chi connectivity index (χ4n) is 2.58. The lowest BCUT2D eigenvalue weighted by molar-refractivity contribution is 0.492. The number of anilines is 1. The van der Waals surface area contributed by atoms with Crippen molar-refractivity contribution in [2.24, 2.45) is 0 Å². The van der Waals surface area contributed by atoms with Crippen molar-refractivity contribution in [3.05, 3.63) is 47.9 Å². The molecule has 1 saturated heterocycles. The molecule has 4 nitrogen and oxygen atoms in total. The van der Waals surface area contributed by atoms with E-state index in [4.69, 9.17) is 0 Å². The lowest BCUT2D eigenvalue weighted by Crippen LogP contribution is -2.33. The second-order valence-electron chi connectivity index (χ2n) is 5.05. The lowest BCUT2D eigenvalue weighted by atomic mass is 9.93. The Morgan fingerprint density at radius 1 is 1.05 bits per heavy atom. The molecular formula is C15H18N4. The van der Waals surface area contributed by atoms with Crippen molar-refractivity contribution in [1.82, 2.24) is 15.2 Å². The average molecular weight is 254 g/mol. The number of aryl methyl sites for hydroxylation is 1. The van der Waals surface area contributed by atoms with Crippen molar-refractivity contribution < 1.29 is 0 Å². The summed E-state index contributed by atoms with van der Waals surface area (Å²) in [7, 11) is 0. The minimum atomic E-state index is 0.579. The number of hydrogen-bond donors (Lipinski definition) is 0. The molecule has 1 aliphatic rings. The number of rotatable bonds is 2. The molecule has 0 amide bonds. The molecule has 0 spiro atoms. The summed E-state index contributed by atoms with van der Waals surface area (Å²) in [6.07, 6.45) is 4.15. The molecule has 0 aliphatic carbocycles. The Labute approximate surface area is 113 Å². The second kappa shape index (κ2) is 5.34. The van der Waals surface area contributed by atoms with E-state index in [1.54, 1.807) is 0 Å². The second-order valence-corrected chi connectivity index (χ2v) is 5.05. The van der Waals surface area contributed by atoms with E-state index in [1.165, 1.54) is 5.69 Å². The van der Waals surface area contributed by atoms with Gasteiger partial charge in [-0.2, -0.15) is 5.10 Å². The first kappa shape index (κ1) is 12.1. The van der Waals surface area contributed by atoms with E-state index in [0.29, 0.717) is 5.92 Å². The Morgan fingerprint density at radius 3 is 2.53 bits per heavy atom. The summed E-state index contributed by atoms with van der Waals surface area (Å²) < 4.78 is 0. The largest absolute Gasteiger partial charge is 0.355 e. The maximum atomic E-state index is 4.47. The number of hydrogen-bond acceptors (Lipinski definition) is 4. The van der Waals surface area contributed by atoms with E-state index < -0.39 is 0 Å². The highest BCUT2D eigenvalue weighted by molar-refractivity contribution is 5.38. The molecule has 0 radical (unpaired) electrons. The molecule has 1 aliphatic heterocycles. The maximum Gasteiger partial charge on any atom is 0.151 e. The zero-order valence-electron chi connectivity index (χ0n) is 11.2. The minimum Gasteiger partial charge on any atom is -0.355 e. The van der Waals surface area contributed by atoms with Crippen molar-refractivity contribution >= 4 is 5.82 Å². The van der Waals surface area contributed by atoms with Gasteiger partial charge in [0.1, 0.15) is 0 Å². The third-order valence-corrected chi connectivity index (χ3v) is 3.71. The first-order valence-corrected chi connectivity index (χ1v) is 6.79. The molecule has 98 valence electrons. The molecule has 2 aromatic rings. The van der Waals surface area contributed by atoms with Gasteiger partial charge in [0.15, 0.2) is 5.82 Å². The van der Waals surface area contributed by atoms with Gasteiger partial charge in [-0.3, -0.25) is 4.98 Å². The van der Waals surface area contributed by atoms with Crippen LogP contribution in [0.15, 0.2) is 36.5 Å². The van der Waals surface area contributed by atoms with E-state index >= 15 is 0 Å². The van der Waals surface area contributed by atoms with Crippen molar-refractivity contribution in [3.63, 3.8) is 0 Å². The predicted octanol–water partition coefficient (Wildman–Crippen LogP) is 2.56. The molecular weight excluding hydrogens is 236 g/mol. The van der Waals surface area contributed by atoms with Gasteiger partial charge in [0.05, 0.1) is 5.69 Å². The summed E-state index contributed by atoms with van der Waals surface area (Å²) in [5.41, 5.74) is 2.18. The molecule has 0 aromatic carbocycles. The van der Waals surface area contributed by atoms with Crippen molar-refractivity contribution in [3.8, 4) is 0 Å². The van der Waals surface area contributed by atoms with E-state index in [9.17, 15) is 0 Å². The van der Waals surface area contributed by atoms with Gasteiger partial charge in [-0.25, -0.2) is 0 Å². The summed E-state index contributed by atoms with van der Waals surface area (Å²) in [5.74, 6) is 1.57. The van der Waals surface area contributed by atoms with Crippen LogP contribution in [0.3, 0.4) is 0 Å². The standard InChI is InChI=1S/C15H18N4/c1-12-5-6-15(18-17-12)19-10-7-13(8-11-19)14-4-2-3-9-16-14/h2-6,9,13H,7-8,10-11H2,1H3. The molecule has 4 heteroatoms. The van der Waals surface area contributed by atoms with Crippen molar-refractivity contribution in [1.29, 1.82) is 0 Å². The van der Waals surface area contributed by atoms with Crippen LogP contribution in [0, 0.1) is 6.92 Å². The van der Waals surface area contributed by atoms with Crippen LogP contribution < -0.4 is 4.90 Å². The molecule has 2 aromatic heterocycles. The quantitative estimate of drug-likeness (QED) is 0.826. The topological polar surface area (TPSA) is 41.9 Å². The first-order valence-electron chi connectivity index (χ1n) is 6.79. The number of pyridine rings is 1. The fraction of sp³-hybridized carbons (Fsp3) is 0.400. The molecule has 3 heterocycles. The molecule has 0 bridgehead atoms. The molecule has 1 fully saturated rings. The van der Waals surface area contributed by atoms with Crippen LogP contribution in [0.4, 0.5) is 5.82 Å². The van der Waals surface area contributed by atoms with E-state index in [2.05, 4.69) is 38.3 Å². The Bertz CT molecular complexity index is 516. The van der Waals surface area contributed by atoms with Crippen LogP contribution in [0.1, 0.15) is 30.1 Å². The normalized spacial score (nSPS) is 16.6. The number of piperidine rings is 1. The highest BCUT2D eigenvalue weighted by atomic mass is 15.3. The highest BCUT2D eigenvalue weighted by Gasteiger charge is 2.22. The number of aromatic nitrogens is 3. The van der Waals surface area contributed by atoms with E-state index in [0.717, 1.165) is 37.4 Å². The van der Waals surface area contributed by atoms with Gasteiger partial charge >= 0.3 is 0 Å². The van der Waals surface area contributed by atoms with Crippen molar-refractivity contribution in [2.45, 2.75) is 25.7 Å². The Morgan fingerprint density at radius 2 is 1.89 bits per heavy atom. The monoisotopic (exact) mass is 254 g/mol. The van der Waals surface area contributed by atoms with E-state index in [-0.39, 0.29) is 0 Å². The summed E-state index contributed by atoms with van der Waals surface area (Å²) >= 11 is 0. The van der Waals surface area contributed by atoms with Gasteiger partial charge in [-0.05, 0) is 44.0 Å². The van der Waals surface area contributed by atoms with Crippen LogP contribution in [0.25, 0.3) is 0 Å². The van der Waals surface area contributed by atoms with Gasteiger partial charge in [-0.1, -0.05) is 6.07 Å². The van der Waals surface area contributed by atoms with Gasteiger partial charge in [0.2, 0.25) is 0 Å². The molecule has 0 N–H and O–H groups in total. The summed E-state index contributed by atoms with van der Waals surface area (Å²) in [6, 6.07) is 10.3. The van der Waals surface area contributed by atoms with Crippen LogP contribution in [0.5, 0.6) is 0 Å². The minimum absolute atomic E-state index is 0.579. The summed E-state index contributed by atoms with van der Waals surface area (Å²) in [5, 5.41) is 8.39. The Hall–Kier alpha value is -1.97.